The summed E-state index contributed by atoms with van der Waals surface area (Å²) >= 11 is 0. The number of rotatable bonds is 3. The highest BCUT2D eigenvalue weighted by Gasteiger charge is 2.40. The minimum atomic E-state index is -3.77. The monoisotopic (exact) mass is 259 g/mol. The van der Waals surface area contributed by atoms with Gasteiger partial charge in [-0.05, 0) is 18.9 Å². The lowest BCUT2D eigenvalue weighted by Gasteiger charge is -2.20. The molecule has 0 aliphatic carbocycles. The Hall–Kier alpha value is -1.41. The van der Waals surface area contributed by atoms with Gasteiger partial charge in [-0.15, -0.1) is 0 Å². The highest BCUT2D eigenvalue weighted by molar-refractivity contribution is 7.89. The second-order valence-electron chi connectivity index (χ2n) is 3.91. The van der Waals surface area contributed by atoms with E-state index in [1.54, 1.807) is 0 Å². The first-order chi connectivity index (χ1) is 7.94. The van der Waals surface area contributed by atoms with Gasteiger partial charge in [-0.25, -0.2) is 8.42 Å². The minimum absolute atomic E-state index is 0.0191. The van der Waals surface area contributed by atoms with Crippen LogP contribution in [0.5, 0.6) is 0 Å². The summed E-state index contributed by atoms with van der Waals surface area (Å²) in [6, 6.07) is 0.405. The van der Waals surface area contributed by atoms with E-state index in [4.69, 9.17) is 5.11 Å². The summed E-state index contributed by atoms with van der Waals surface area (Å²) in [5, 5.41) is 12.8. The van der Waals surface area contributed by atoms with Crippen molar-refractivity contribution < 1.29 is 18.3 Å². The van der Waals surface area contributed by atoms with Gasteiger partial charge in [-0.3, -0.25) is 9.48 Å². The molecule has 7 nitrogen and oxygen atoms in total. The molecule has 2 heterocycles. The third-order valence-electron chi connectivity index (χ3n) is 2.84. The van der Waals surface area contributed by atoms with Crippen molar-refractivity contribution in [2.24, 2.45) is 7.05 Å². The van der Waals surface area contributed by atoms with Crippen LogP contribution < -0.4 is 0 Å². The first-order valence-corrected chi connectivity index (χ1v) is 6.61. The van der Waals surface area contributed by atoms with Gasteiger partial charge in [0.2, 0.25) is 0 Å². The Morgan fingerprint density at radius 1 is 1.59 bits per heavy atom. The normalized spacial score (nSPS) is 21.8. The quantitative estimate of drug-likeness (QED) is 0.801. The molecule has 0 amide bonds. The number of sulfonamides is 1. The molecule has 0 spiro atoms. The molecule has 1 saturated heterocycles. The van der Waals surface area contributed by atoms with E-state index in [0.717, 1.165) is 4.31 Å². The number of aromatic nitrogens is 2. The topological polar surface area (TPSA) is 92.5 Å². The van der Waals surface area contributed by atoms with Crippen LogP contribution in [0.4, 0.5) is 0 Å². The van der Waals surface area contributed by atoms with Gasteiger partial charge in [0.05, 0.1) is 6.20 Å². The second kappa shape index (κ2) is 4.11. The zero-order valence-corrected chi connectivity index (χ0v) is 10.1. The molecule has 17 heavy (non-hydrogen) atoms. The Morgan fingerprint density at radius 2 is 2.29 bits per heavy atom. The number of hydrogen-bond donors (Lipinski definition) is 1. The van der Waals surface area contributed by atoms with E-state index in [9.17, 15) is 13.2 Å². The molecule has 1 aromatic heterocycles. The van der Waals surface area contributed by atoms with Crippen molar-refractivity contribution >= 4 is 16.0 Å². The summed E-state index contributed by atoms with van der Waals surface area (Å²) in [5.74, 6) is -1.10. The molecule has 0 aromatic carbocycles. The molecule has 1 aromatic rings. The van der Waals surface area contributed by atoms with Crippen LogP contribution in [0, 0.1) is 0 Å². The lowest BCUT2D eigenvalue weighted by atomic mass is 10.2. The van der Waals surface area contributed by atoms with Crippen LogP contribution in [0.15, 0.2) is 17.3 Å². The van der Waals surface area contributed by atoms with Crippen molar-refractivity contribution in [3.8, 4) is 0 Å². The summed E-state index contributed by atoms with van der Waals surface area (Å²) in [5.41, 5.74) is 0. The number of nitrogens with zero attached hydrogens (tertiary/aromatic N) is 3. The zero-order chi connectivity index (χ0) is 12.6. The van der Waals surface area contributed by atoms with Crippen LogP contribution in [0.25, 0.3) is 0 Å². The Bertz CT molecular complexity index is 536. The number of aliphatic carboxylic acids is 1. The smallest absolute Gasteiger partial charge is 0.322 e. The summed E-state index contributed by atoms with van der Waals surface area (Å²) in [6.45, 7) is 0.241. The third kappa shape index (κ3) is 1.93. The Morgan fingerprint density at radius 3 is 2.82 bits per heavy atom. The van der Waals surface area contributed by atoms with Gasteiger partial charge in [0.25, 0.3) is 10.0 Å². The van der Waals surface area contributed by atoms with E-state index in [-0.39, 0.29) is 11.6 Å². The van der Waals surface area contributed by atoms with Gasteiger partial charge in [0, 0.05) is 13.6 Å². The summed E-state index contributed by atoms with van der Waals surface area (Å²) in [7, 11) is -2.25. The van der Waals surface area contributed by atoms with Crippen molar-refractivity contribution in [2.75, 3.05) is 6.54 Å². The molecule has 0 unspecified atom stereocenters. The van der Waals surface area contributed by atoms with Crippen LogP contribution in [0.2, 0.25) is 0 Å². The number of carboxylic acids is 1. The maximum absolute atomic E-state index is 12.2. The highest BCUT2D eigenvalue weighted by Crippen LogP contribution is 2.25. The van der Waals surface area contributed by atoms with Crippen LogP contribution in [-0.4, -0.2) is 46.2 Å². The lowest BCUT2D eigenvalue weighted by Crippen LogP contribution is -2.40. The van der Waals surface area contributed by atoms with E-state index in [2.05, 4.69) is 5.10 Å². The molecular weight excluding hydrogens is 246 g/mol. The van der Waals surface area contributed by atoms with E-state index in [1.165, 1.54) is 24.0 Å². The van der Waals surface area contributed by atoms with Gasteiger partial charge in [-0.1, -0.05) is 0 Å². The SMILES string of the molecule is Cn1nccc1S(=O)(=O)N1CCC[C@@H]1C(=O)O. The number of carboxylic acid groups (broad SMARTS) is 1. The number of aryl methyl sites for hydroxylation is 1. The fraction of sp³-hybridized carbons (Fsp3) is 0.556. The summed E-state index contributed by atoms with van der Waals surface area (Å²) in [4.78, 5) is 11.0. The number of hydrogen-bond acceptors (Lipinski definition) is 4. The maximum Gasteiger partial charge on any atom is 0.322 e. The van der Waals surface area contributed by atoms with Crippen molar-refractivity contribution in [3.63, 3.8) is 0 Å². The Labute approximate surface area is 98.7 Å². The first kappa shape index (κ1) is 12.1. The van der Waals surface area contributed by atoms with Gasteiger partial charge in [0.15, 0.2) is 5.03 Å². The van der Waals surface area contributed by atoms with Crippen LogP contribution in [0.1, 0.15) is 12.8 Å². The molecule has 0 radical (unpaired) electrons. The van der Waals surface area contributed by atoms with E-state index in [0.29, 0.717) is 12.8 Å². The van der Waals surface area contributed by atoms with Crippen molar-refractivity contribution in [2.45, 2.75) is 23.9 Å². The standard InChI is InChI=1S/C9H13N3O4S/c1-11-8(4-5-10-11)17(15,16)12-6-2-3-7(12)9(13)14/h4-5,7H,2-3,6H2,1H3,(H,13,14)/t7-/m1/s1. The average Bonchev–Trinajstić information content (AvgIpc) is 2.84. The third-order valence-corrected chi connectivity index (χ3v) is 4.82. The van der Waals surface area contributed by atoms with E-state index >= 15 is 0 Å². The molecule has 2 rings (SSSR count). The molecule has 1 aliphatic heterocycles. The molecule has 1 aliphatic rings. The fourth-order valence-electron chi connectivity index (χ4n) is 2.01. The molecule has 0 saturated carbocycles. The molecule has 1 atom stereocenters. The van der Waals surface area contributed by atoms with Crippen molar-refractivity contribution in [1.29, 1.82) is 0 Å². The van der Waals surface area contributed by atoms with Crippen molar-refractivity contribution in [3.05, 3.63) is 12.3 Å². The minimum Gasteiger partial charge on any atom is -0.480 e. The highest BCUT2D eigenvalue weighted by atomic mass is 32.2. The lowest BCUT2D eigenvalue weighted by molar-refractivity contribution is -0.140. The predicted octanol–water partition coefficient (Wildman–Crippen LogP) is -0.342. The molecule has 1 N–H and O–H groups in total. The maximum atomic E-state index is 12.2. The summed E-state index contributed by atoms with van der Waals surface area (Å²) < 4.78 is 26.7. The molecule has 8 heteroatoms. The van der Waals surface area contributed by atoms with E-state index < -0.39 is 22.0 Å². The largest absolute Gasteiger partial charge is 0.480 e. The first-order valence-electron chi connectivity index (χ1n) is 5.17. The summed E-state index contributed by atoms with van der Waals surface area (Å²) in [6.07, 6.45) is 2.29. The number of carbonyl (C=O) groups is 1. The molecule has 94 valence electrons. The predicted molar refractivity (Wildman–Crippen MR) is 57.8 cm³/mol. The van der Waals surface area contributed by atoms with E-state index in [1.807, 2.05) is 0 Å². The van der Waals surface area contributed by atoms with Gasteiger partial charge in [0.1, 0.15) is 6.04 Å². The zero-order valence-electron chi connectivity index (χ0n) is 9.28. The van der Waals surface area contributed by atoms with Crippen molar-refractivity contribution in [1.82, 2.24) is 14.1 Å². The van der Waals surface area contributed by atoms with Gasteiger partial charge in [-0.2, -0.15) is 9.40 Å². The van der Waals surface area contributed by atoms with Crippen LogP contribution in [0.3, 0.4) is 0 Å². The van der Waals surface area contributed by atoms with Crippen LogP contribution in [-0.2, 0) is 21.9 Å². The molecule has 1 fully saturated rings. The van der Waals surface area contributed by atoms with Crippen LogP contribution >= 0.6 is 0 Å². The van der Waals surface area contributed by atoms with Gasteiger partial charge < -0.3 is 5.11 Å². The molecule has 0 bridgehead atoms. The Kier molecular flexibility index (Phi) is 2.92. The fourth-order valence-corrected chi connectivity index (χ4v) is 3.76. The average molecular weight is 259 g/mol. The Balaban J connectivity index is 2.40. The van der Waals surface area contributed by atoms with Gasteiger partial charge >= 0.3 is 5.97 Å². The second-order valence-corrected chi connectivity index (χ2v) is 5.74. The molecular formula is C9H13N3O4S.